The molecule has 1 heterocycles. The minimum absolute atomic E-state index is 0.00557. The quantitative estimate of drug-likeness (QED) is 0.519. The fraction of sp³-hybridized carbons (Fsp3) is 0.0588. The third kappa shape index (κ3) is 2.69. The zero-order chi connectivity index (χ0) is 18.1. The molecular formula is C17H10ClN3O4. The third-order valence-corrected chi connectivity index (χ3v) is 3.93. The lowest BCUT2D eigenvalue weighted by molar-refractivity contribution is -0.452. The van der Waals surface area contributed by atoms with Gasteiger partial charge in [-0.25, -0.2) is 4.79 Å². The van der Waals surface area contributed by atoms with Crippen LogP contribution in [0.4, 0.5) is 0 Å². The Labute approximate surface area is 146 Å². The fourth-order valence-corrected chi connectivity index (χ4v) is 2.66. The van der Waals surface area contributed by atoms with Gasteiger partial charge in [-0.05, 0) is 36.4 Å². The Hall–Kier alpha value is -3.37. The van der Waals surface area contributed by atoms with Crippen molar-refractivity contribution in [1.29, 1.82) is 5.26 Å². The van der Waals surface area contributed by atoms with Gasteiger partial charge in [0.2, 0.25) is 0 Å². The molecule has 0 radical (unpaired) electrons. The molecule has 124 valence electrons. The van der Waals surface area contributed by atoms with Crippen LogP contribution in [0.1, 0.15) is 16.1 Å². The Balaban J connectivity index is 2.31. The molecule has 25 heavy (non-hydrogen) atoms. The van der Waals surface area contributed by atoms with Gasteiger partial charge in [-0.2, -0.15) is 5.26 Å². The molecule has 0 amide bonds. The summed E-state index contributed by atoms with van der Waals surface area (Å²) in [4.78, 5) is 24.2. The number of fused-ring (bicyclic) bond motifs is 1. The highest BCUT2D eigenvalue weighted by Gasteiger charge is 2.24. The second-order valence-electron chi connectivity index (χ2n) is 5.10. The van der Waals surface area contributed by atoms with Crippen LogP contribution in [0, 0.1) is 21.4 Å². The van der Waals surface area contributed by atoms with Crippen molar-refractivity contribution in [2.75, 3.05) is 7.11 Å². The molecule has 3 aromatic rings. The minimum Gasteiger partial charge on any atom is -0.804 e. The van der Waals surface area contributed by atoms with Crippen molar-refractivity contribution < 1.29 is 14.0 Å². The van der Waals surface area contributed by atoms with Crippen LogP contribution in [0.3, 0.4) is 0 Å². The van der Waals surface area contributed by atoms with Gasteiger partial charge in [-0.3, -0.25) is 0 Å². The number of hydrogen-bond acceptors (Lipinski definition) is 5. The van der Waals surface area contributed by atoms with Crippen LogP contribution in [-0.2, 0) is 4.74 Å². The number of nitrogens with zero attached hydrogens (tertiary/aromatic N) is 3. The monoisotopic (exact) mass is 355 g/mol. The second kappa shape index (κ2) is 6.26. The fourth-order valence-electron chi connectivity index (χ4n) is 2.50. The molecule has 0 unspecified atom stereocenters. The van der Waals surface area contributed by atoms with Gasteiger partial charge in [0.05, 0.1) is 22.7 Å². The molecule has 0 atom stereocenters. The van der Waals surface area contributed by atoms with Crippen LogP contribution in [0.2, 0.25) is 5.02 Å². The van der Waals surface area contributed by atoms with Crippen LogP contribution < -0.4 is 4.43 Å². The summed E-state index contributed by atoms with van der Waals surface area (Å²) < 4.78 is 5.49. The van der Waals surface area contributed by atoms with E-state index in [1.165, 1.54) is 49.6 Å². The maximum atomic E-state index is 12.7. The highest BCUT2D eigenvalue weighted by Crippen LogP contribution is 2.25. The molecule has 0 aliphatic heterocycles. The van der Waals surface area contributed by atoms with Crippen LogP contribution >= 0.6 is 11.6 Å². The van der Waals surface area contributed by atoms with E-state index in [1.807, 2.05) is 0 Å². The van der Waals surface area contributed by atoms with Gasteiger partial charge >= 0.3 is 11.7 Å². The number of carbonyl (C=O) groups is 1. The summed E-state index contributed by atoms with van der Waals surface area (Å²) in [6.07, 6.45) is 0. The molecule has 0 saturated heterocycles. The number of ether oxygens (including phenoxy) is 1. The van der Waals surface area contributed by atoms with E-state index < -0.39 is 5.97 Å². The van der Waals surface area contributed by atoms with Crippen molar-refractivity contribution in [1.82, 2.24) is 4.73 Å². The van der Waals surface area contributed by atoms with Crippen LogP contribution in [-0.4, -0.2) is 17.8 Å². The summed E-state index contributed by atoms with van der Waals surface area (Å²) >= 11 is 5.87. The Bertz CT molecular complexity index is 1100. The van der Waals surface area contributed by atoms with Gasteiger partial charge in [0.1, 0.15) is 11.6 Å². The first kappa shape index (κ1) is 16.5. The highest BCUT2D eigenvalue weighted by molar-refractivity contribution is 6.31. The van der Waals surface area contributed by atoms with E-state index in [0.717, 1.165) is 0 Å². The number of carbonyl (C=O) groups excluding carboxylic acids is 1. The van der Waals surface area contributed by atoms with E-state index in [4.69, 9.17) is 11.6 Å². The number of benzene rings is 2. The molecule has 0 bridgehead atoms. The van der Waals surface area contributed by atoms with Crippen molar-refractivity contribution in [2.45, 2.75) is 0 Å². The van der Waals surface area contributed by atoms with Crippen molar-refractivity contribution in [2.24, 2.45) is 0 Å². The van der Waals surface area contributed by atoms with Gasteiger partial charge in [0.15, 0.2) is 5.69 Å². The van der Waals surface area contributed by atoms with Crippen molar-refractivity contribution in [3.63, 3.8) is 0 Å². The Morgan fingerprint density at radius 1 is 1.28 bits per heavy atom. The molecule has 0 saturated carbocycles. The standard InChI is InChI=1S/C17H10ClN3O4/c1-25-17(22)11-4-2-10(3-5-11)16-15(9-19)20(23)14-8-12(18)6-7-13(14)21(16)24/h2-8H,1H3. The maximum Gasteiger partial charge on any atom is 0.337 e. The summed E-state index contributed by atoms with van der Waals surface area (Å²) in [6, 6.07) is 11.8. The number of halogens is 1. The lowest BCUT2D eigenvalue weighted by Gasteiger charge is -2.15. The summed E-state index contributed by atoms with van der Waals surface area (Å²) in [5, 5.41) is 22.1. The molecular weight excluding hydrogens is 346 g/mol. The molecule has 0 aliphatic rings. The molecule has 2 aromatic carbocycles. The SMILES string of the molecule is COC(=O)c1ccc(-c2c(C#N)n([O-])c3cc(Cl)ccc3[n+]2=O)cc1. The predicted molar refractivity (Wildman–Crippen MR) is 90.6 cm³/mol. The predicted octanol–water partition coefficient (Wildman–Crippen LogP) is 2.88. The van der Waals surface area contributed by atoms with Gasteiger partial charge in [-0.1, -0.05) is 11.6 Å². The Kier molecular flexibility index (Phi) is 4.13. The largest absolute Gasteiger partial charge is 0.804 e. The normalized spacial score (nSPS) is 10.4. The lowest BCUT2D eigenvalue weighted by Crippen LogP contribution is -2.24. The first-order chi connectivity index (χ1) is 12.0. The molecule has 0 spiro atoms. The number of nitriles is 1. The highest BCUT2D eigenvalue weighted by atomic mass is 35.5. The number of hydrogen-bond donors (Lipinski definition) is 0. The van der Waals surface area contributed by atoms with E-state index in [-0.39, 0.29) is 33.0 Å². The molecule has 0 N–H and O–H groups in total. The molecule has 8 heteroatoms. The van der Waals surface area contributed by atoms with Crippen molar-refractivity contribution >= 4 is 28.6 Å². The van der Waals surface area contributed by atoms with Crippen LogP contribution in [0.25, 0.3) is 22.3 Å². The number of aromatic nitrogens is 2. The summed E-state index contributed by atoms with van der Waals surface area (Å²) in [5.41, 5.74) is 0.198. The minimum atomic E-state index is -0.533. The summed E-state index contributed by atoms with van der Waals surface area (Å²) in [6.45, 7) is 0. The second-order valence-corrected chi connectivity index (χ2v) is 5.54. The molecule has 0 fully saturated rings. The molecule has 1 aromatic heterocycles. The van der Waals surface area contributed by atoms with Gasteiger partial charge in [0, 0.05) is 16.0 Å². The van der Waals surface area contributed by atoms with Crippen LogP contribution in [0.15, 0.2) is 42.5 Å². The average molecular weight is 356 g/mol. The van der Waals surface area contributed by atoms with Gasteiger partial charge in [-0.15, -0.1) is 0 Å². The number of methoxy groups -OCH3 is 1. The molecule has 7 nitrogen and oxygen atoms in total. The van der Waals surface area contributed by atoms with E-state index in [0.29, 0.717) is 14.7 Å². The Morgan fingerprint density at radius 2 is 1.96 bits per heavy atom. The number of rotatable bonds is 2. The summed E-state index contributed by atoms with van der Waals surface area (Å²) in [7, 11) is 1.25. The first-order valence-corrected chi connectivity index (χ1v) is 7.43. The van der Waals surface area contributed by atoms with Crippen molar-refractivity contribution in [3.8, 4) is 17.3 Å². The zero-order valence-electron chi connectivity index (χ0n) is 12.9. The van der Waals surface area contributed by atoms with E-state index in [2.05, 4.69) is 4.74 Å². The zero-order valence-corrected chi connectivity index (χ0v) is 13.6. The van der Waals surface area contributed by atoms with Crippen molar-refractivity contribution in [3.05, 3.63) is 68.9 Å². The first-order valence-electron chi connectivity index (χ1n) is 7.05. The third-order valence-electron chi connectivity index (χ3n) is 3.69. The number of esters is 1. The van der Waals surface area contributed by atoms with E-state index in [1.54, 1.807) is 6.07 Å². The molecule has 0 aliphatic carbocycles. The topological polar surface area (TPSA) is 101 Å². The summed E-state index contributed by atoms with van der Waals surface area (Å²) in [5.74, 6) is -0.533. The van der Waals surface area contributed by atoms with Crippen LogP contribution in [0.5, 0.6) is 0 Å². The maximum absolute atomic E-state index is 12.7. The van der Waals surface area contributed by atoms with E-state index in [9.17, 15) is 20.2 Å². The smallest absolute Gasteiger partial charge is 0.337 e. The van der Waals surface area contributed by atoms with Gasteiger partial charge < -0.3 is 14.7 Å². The van der Waals surface area contributed by atoms with E-state index >= 15 is 0 Å². The van der Waals surface area contributed by atoms with Gasteiger partial charge in [0.25, 0.3) is 5.52 Å². The average Bonchev–Trinajstić information content (AvgIpc) is 2.63. The lowest BCUT2D eigenvalue weighted by atomic mass is 10.1. The Morgan fingerprint density at radius 3 is 2.56 bits per heavy atom. The molecule has 3 rings (SSSR count).